The van der Waals surface area contributed by atoms with Gasteiger partial charge in [0, 0.05) is 18.9 Å². The topological polar surface area (TPSA) is 135 Å². The van der Waals surface area contributed by atoms with E-state index in [1.807, 2.05) is 6.07 Å². The van der Waals surface area contributed by atoms with Gasteiger partial charge in [0.05, 0.1) is 5.52 Å². The number of hydrogen-bond acceptors (Lipinski definition) is 6. The van der Waals surface area contributed by atoms with Crippen molar-refractivity contribution in [1.82, 2.24) is 39.8 Å². The Morgan fingerprint density at radius 2 is 1.97 bits per heavy atom. The number of aryl methyl sites for hydroxylation is 1. The third kappa shape index (κ3) is 4.01. The van der Waals surface area contributed by atoms with E-state index in [4.69, 9.17) is 0 Å². The molecule has 14 heteroatoms. The van der Waals surface area contributed by atoms with Crippen LogP contribution in [0.25, 0.3) is 16.9 Å². The molecule has 0 fully saturated rings. The summed E-state index contributed by atoms with van der Waals surface area (Å²) in [5.41, 5.74) is 1.15. The number of hydrogen-bond donors (Lipinski definition) is 3. The molecule has 0 aliphatic heterocycles. The predicted molar refractivity (Wildman–Crippen MR) is 105 cm³/mol. The first-order valence-electron chi connectivity index (χ1n) is 9.20. The summed E-state index contributed by atoms with van der Waals surface area (Å²) < 4.78 is 40.9. The van der Waals surface area contributed by atoms with Gasteiger partial charge in [-0.15, -0.1) is 10.2 Å². The average Bonchev–Trinajstić information content (AvgIpc) is 3.46. The summed E-state index contributed by atoms with van der Waals surface area (Å²) in [6.45, 7) is 1.56. The van der Waals surface area contributed by atoms with Gasteiger partial charge >= 0.3 is 6.18 Å². The number of carbonyl (C=O) groups is 2. The van der Waals surface area contributed by atoms with E-state index in [0.29, 0.717) is 5.69 Å². The Hall–Kier alpha value is -4.23. The number of rotatable bonds is 5. The standard InChI is InChI=1S/C18H16F3N9O2/c1-9-23-14(28-30(9)17-25-16(26-27-17)18(19,20)21)15(32)24-11-4-3-10-5-6-29(12(10)7-11)8-13(31)22-2/h3-7H,8H2,1-2H3,(H,22,31)(H,24,32)(H,25,26,27). The zero-order valence-corrected chi connectivity index (χ0v) is 16.7. The number of fused-ring (bicyclic) bond motifs is 1. The smallest absolute Gasteiger partial charge is 0.358 e. The van der Waals surface area contributed by atoms with Crippen molar-refractivity contribution in [2.24, 2.45) is 0 Å². The summed E-state index contributed by atoms with van der Waals surface area (Å²) in [4.78, 5) is 31.6. The normalized spacial score (nSPS) is 11.7. The monoisotopic (exact) mass is 447 g/mol. The number of anilines is 1. The Balaban J connectivity index is 1.56. The first-order valence-corrected chi connectivity index (χ1v) is 9.20. The Labute approximate surface area is 177 Å². The number of H-pyrrole nitrogens is 1. The van der Waals surface area contributed by atoms with Crippen molar-refractivity contribution in [3.63, 3.8) is 0 Å². The third-order valence-corrected chi connectivity index (χ3v) is 4.53. The SMILES string of the molecule is CNC(=O)Cn1ccc2ccc(NC(=O)c3nc(C)n(-c4n[nH]c(C(F)(F)F)n4)n3)cc21. The third-order valence-electron chi connectivity index (χ3n) is 4.53. The molecule has 3 N–H and O–H groups in total. The number of alkyl halides is 3. The van der Waals surface area contributed by atoms with E-state index in [9.17, 15) is 22.8 Å². The van der Waals surface area contributed by atoms with E-state index in [2.05, 4.69) is 30.8 Å². The van der Waals surface area contributed by atoms with E-state index in [-0.39, 0.29) is 24.1 Å². The summed E-state index contributed by atoms with van der Waals surface area (Å²) in [5.74, 6) is -2.69. The lowest BCUT2D eigenvalue weighted by atomic mass is 10.2. The van der Waals surface area contributed by atoms with Crippen molar-refractivity contribution in [2.75, 3.05) is 12.4 Å². The van der Waals surface area contributed by atoms with Gasteiger partial charge in [-0.1, -0.05) is 6.07 Å². The van der Waals surface area contributed by atoms with Gasteiger partial charge in [0.25, 0.3) is 11.9 Å². The highest BCUT2D eigenvalue weighted by Crippen LogP contribution is 2.26. The number of nitrogens with zero attached hydrogens (tertiary/aromatic N) is 6. The number of benzene rings is 1. The molecule has 0 saturated carbocycles. The number of aromatic amines is 1. The van der Waals surface area contributed by atoms with Crippen molar-refractivity contribution in [2.45, 2.75) is 19.6 Å². The van der Waals surface area contributed by atoms with Gasteiger partial charge in [0.15, 0.2) is 0 Å². The zero-order valence-electron chi connectivity index (χ0n) is 16.7. The number of amides is 2. The number of halogens is 3. The van der Waals surface area contributed by atoms with Gasteiger partial charge in [0.2, 0.25) is 17.6 Å². The zero-order chi connectivity index (χ0) is 23.0. The maximum absolute atomic E-state index is 12.7. The Morgan fingerprint density at radius 1 is 1.19 bits per heavy atom. The molecule has 1 aromatic carbocycles. The molecule has 2 amide bonds. The minimum Gasteiger partial charge on any atom is -0.358 e. The molecular weight excluding hydrogens is 431 g/mol. The molecule has 0 bridgehead atoms. The van der Waals surface area contributed by atoms with Crippen molar-refractivity contribution >= 4 is 28.4 Å². The second-order valence-corrected chi connectivity index (χ2v) is 6.72. The summed E-state index contributed by atoms with van der Waals surface area (Å²) in [5, 5.41) is 15.2. The summed E-state index contributed by atoms with van der Waals surface area (Å²) in [6.07, 6.45) is -2.95. The molecule has 0 spiro atoms. The molecule has 0 aliphatic rings. The van der Waals surface area contributed by atoms with E-state index in [1.54, 1.807) is 34.1 Å². The highest BCUT2D eigenvalue weighted by molar-refractivity contribution is 6.02. The fourth-order valence-electron chi connectivity index (χ4n) is 2.97. The van der Waals surface area contributed by atoms with Crippen LogP contribution >= 0.6 is 0 Å². The van der Waals surface area contributed by atoms with Crippen LogP contribution < -0.4 is 10.6 Å². The van der Waals surface area contributed by atoms with E-state index >= 15 is 0 Å². The first kappa shape index (κ1) is 21.0. The van der Waals surface area contributed by atoms with Crippen LogP contribution in [-0.2, 0) is 17.5 Å². The maximum atomic E-state index is 12.7. The summed E-state index contributed by atoms with van der Waals surface area (Å²) >= 11 is 0. The van der Waals surface area contributed by atoms with Crippen LogP contribution in [0.5, 0.6) is 0 Å². The quantitative estimate of drug-likeness (QED) is 0.426. The molecule has 166 valence electrons. The van der Waals surface area contributed by atoms with Crippen LogP contribution in [0.4, 0.5) is 18.9 Å². The summed E-state index contributed by atoms with van der Waals surface area (Å²) in [7, 11) is 1.54. The van der Waals surface area contributed by atoms with Crippen LogP contribution in [0, 0.1) is 6.92 Å². The predicted octanol–water partition coefficient (Wildman–Crippen LogP) is 1.67. The molecule has 0 saturated heterocycles. The van der Waals surface area contributed by atoms with E-state index in [0.717, 1.165) is 15.6 Å². The molecule has 32 heavy (non-hydrogen) atoms. The first-order chi connectivity index (χ1) is 15.2. The molecular formula is C18H16F3N9O2. The van der Waals surface area contributed by atoms with Gasteiger partial charge in [-0.25, -0.2) is 4.98 Å². The Morgan fingerprint density at radius 3 is 2.66 bits per heavy atom. The molecule has 0 radical (unpaired) electrons. The molecule has 0 atom stereocenters. The fourth-order valence-corrected chi connectivity index (χ4v) is 2.97. The van der Waals surface area contributed by atoms with Crippen LogP contribution in [0.15, 0.2) is 30.5 Å². The number of carbonyl (C=O) groups excluding carboxylic acids is 2. The molecule has 3 aromatic heterocycles. The largest absolute Gasteiger partial charge is 0.451 e. The van der Waals surface area contributed by atoms with Crippen LogP contribution in [-0.4, -0.2) is 53.4 Å². The Bertz CT molecular complexity index is 1320. The molecule has 11 nitrogen and oxygen atoms in total. The van der Waals surface area contributed by atoms with E-state index < -0.39 is 23.9 Å². The lowest BCUT2D eigenvalue weighted by Gasteiger charge is -2.07. The minimum atomic E-state index is -4.70. The molecule has 0 unspecified atom stereocenters. The van der Waals surface area contributed by atoms with Crippen molar-refractivity contribution in [1.29, 1.82) is 0 Å². The van der Waals surface area contributed by atoms with Crippen LogP contribution in [0.2, 0.25) is 0 Å². The highest BCUT2D eigenvalue weighted by atomic mass is 19.4. The van der Waals surface area contributed by atoms with Crippen molar-refractivity contribution in [3.8, 4) is 5.95 Å². The van der Waals surface area contributed by atoms with Gasteiger partial charge in [-0.05, 0) is 30.5 Å². The van der Waals surface area contributed by atoms with Gasteiger partial charge in [-0.3, -0.25) is 14.7 Å². The maximum Gasteiger partial charge on any atom is 0.451 e. The number of aromatic nitrogens is 7. The van der Waals surface area contributed by atoms with E-state index in [1.165, 1.54) is 14.0 Å². The minimum absolute atomic E-state index is 0.110. The van der Waals surface area contributed by atoms with Crippen LogP contribution in [0.1, 0.15) is 22.3 Å². The van der Waals surface area contributed by atoms with Gasteiger partial charge < -0.3 is 15.2 Å². The lowest BCUT2D eigenvalue weighted by molar-refractivity contribution is -0.144. The fraction of sp³-hybridized carbons (Fsp3) is 0.222. The van der Waals surface area contributed by atoms with Gasteiger partial charge in [0.1, 0.15) is 12.4 Å². The molecule has 4 aromatic rings. The lowest BCUT2D eigenvalue weighted by Crippen LogP contribution is -2.23. The number of nitrogens with one attached hydrogen (secondary N) is 3. The van der Waals surface area contributed by atoms with Crippen LogP contribution in [0.3, 0.4) is 0 Å². The second kappa shape index (κ2) is 7.79. The van der Waals surface area contributed by atoms with Crippen molar-refractivity contribution < 1.29 is 22.8 Å². The Kier molecular flexibility index (Phi) is 5.12. The molecule has 0 aliphatic carbocycles. The molecule has 4 rings (SSSR count). The summed E-state index contributed by atoms with van der Waals surface area (Å²) in [6, 6.07) is 6.96. The second-order valence-electron chi connectivity index (χ2n) is 6.72. The highest BCUT2D eigenvalue weighted by Gasteiger charge is 2.35. The van der Waals surface area contributed by atoms with Crippen molar-refractivity contribution in [3.05, 3.63) is 47.9 Å². The number of likely N-dealkylation sites (N-methyl/N-ethyl adjacent to an activating group) is 1. The van der Waals surface area contributed by atoms with Gasteiger partial charge in [-0.2, -0.15) is 22.8 Å². The average molecular weight is 447 g/mol. The molecule has 3 heterocycles.